The first-order chi connectivity index (χ1) is 10.9. The largest absolute Gasteiger partial charge is 0.311 e. The molecule has 8 heteroatoms. The molecule has 2 aromatic rings. The van der Waals surface area contributed by atoms with E-state index in [4.69, 9.17) is 0 Å². The van der Waals surface area contributed by atoms with Crippen LogP contribution in [-0.2, 0) is 14.8 Å². The van der Waals surface area contributed by atoms with Crippen LogP contribution < -0.4 is 10.0 Å². The van der Waals surface area contributed by atoms with E-state index in [9.17, 15) is 13.2 Å². The number of nitrogens with one attached hydrogen (secondary N) is 2. The van der Waals surface area contributed by atoms with E-state index < -0.39 is 10.0 Å². The number of carbonyl (C=O) groups excluding carboxylic acids is 1. The summed E-state index contributed by atoms with van der Waals surface area (Å²) < 4.78 is 27.3. The minimum absolute atomic E-state index is 0.00997. The number of halogens is 1. The molecule has 1 aromatic heterocycles. The first-order valence-electron chi connectivity index (χ1n) is 6.85. The minimum atomic E-state index is -3.62. The van der Waals surface area contributed by atoms with Gasteiger partial charge in [-0.3, -0.25) is 4.79 Å². The molecule has 0 fully saturated rings. The third kappa shape index (κ3) is 5.42. The van der Waals surface area contributed by atoms with Crippen LogP contribution in [0.3, 0.4) is 0 Å². The molecular formula is C15H16BrN3O3S. The number of anilines is 1. The molecule has 6 nitrogen and oxygen atoms in total. The van der Waals surface area contributed by atoms with Gasteiger partial charge >= 0.3 is 0 Å². The Hall–Kier alpha value is -1.77. The summed E-state index contributed by atoms with van der Waals surface area (Å²) in [7, 11) is -3.62. The Morgan fingerprint density at radius 3 is 2.52 bits per heavy atom. The zero-order valence-corrected chi connectivity index (χ0v) is 14.8. The second-order valence-corrected chi connectivity index (χ2v) is 7.50. The average Bonchev–Trinajstić information content (AvgIpc) is 2.47. The Kier molecular flexibility index (Phi) is 5.86. The molecule has 0 bridgehead atoms. The molecule has 2 N–H and O–H groups in total. The number of hydrogen-bond acceptors (Lipinski definition) is 4. The summed E-state index contributed by atoms with van der Waals surface area (Å²) in [4.78, 5) is 16.1. The molecule has 0 unspecified atom stereocenters. The highest BCUT2D eigenvalue weighted by Gasteiger charge is 2.14. The summed E-state index contributed by atoms with van der Waals surface area (Å²) in [5.74, 6) is 0.146. The predicted octanol–water partition coefficient (Wildman–Crippen LogP) is 2.46. The number of pyridine rings is 1. The highest BCUT2D eigenvalue weighted by Crippen LogP contribution is 2.14. The molecule has 0 aliphatic heterocycles. The van der Waals surface area contributed by atoms with E-state index >= 15 is 0 Å². The Morgan fingerprint density at radius 1 is 1.17 bits per heavy atom. The number of aryl methyl sites for hydroxylation is 1. The summed E-state index contributed by atoms with van der Waals surface area (Å²) in [5.41, 5.74) is 0.791. The Bertz CT molecular complexity index is 792. The first-order valence-corrected chi connectivity index (χ1v) is 9.13. The summed E-state index contributed by atoms with van der Waals surface area (Å²) in [6, 6.07) is 11.6. The van der Waals surface area contributed by atoms with Crippen LogP contribution in [0.25, 0.3) is 0 Å². The molecule has 1 heterocycles. The minimum Gasteiger partial charge on any atom is -0.311 e. The third-order valence-electron chi connectivity index (χ3n) is 2.92. The van der Waals surface area contributed by atoms with Crippen LogP contribution in [0, 0.1) is 6.92 Å². The second-order valence-electron chi connectivity index (χ2n) is 4.81. The number of carbonyl (C=O) groups is 1. The molecule has 0 aliphatic rings. The molecule has 1 aromatic carbocycles. The van der Waals surface area contributed by atoms with Gasteiger partial charge in [0.15, 0.2) is 0 Å². The number of rotatable bonds is 6. The van der Waals surface area contributed by atoms with E-state index in [1.807, 2.05) is 13.0 Å². The lowest BCUT2D eigenvalue weighted by atomic mass is 10.3. The van der Waals surface area contributed by atoms with E-state index in [0.717, 1.165) is 10.2 Å². The lowest BCUT2D eigenvalue weighted by molar-refractivity contribution is -0.116. The fraction of sp³-hybridized carbons (Fsp3) is 0.200. The molecule has 1 amide bonds. The van der Waals surface area contributed by atoms with Crippen LogP contribution >= 0.6 is 15.9 Å². The van der Waals surface area contributed by atoms with E-state index in [1.54, 1.807) is 24.3 Å². The lowest BCUT2D eigenvalue weighted by Crippen LogP contribution is -2.28. The van der Waals surface area contributed by atoms with E-state index in [0.29, 0.717) is 5.82 Å². The molecule has 2 rings (SSSR count). The Labute approximate surface area is 143 Å². The molecule has 0 spiro atoms. The first kappa shape index (κ1) is 17.6. The number of nitrogens with zero attached hydrogens (tertiary/aromatic N) is 1. The van der Waals surface area contributed by atoms with Crippen molar-refractivity contribution >= 4 is 37.7 Å². The van der Waals surface area contributed by atoms with Gasteiger partial charge in [-0.15, -0.1) is 0 Å². The van der Waals surface area contributed by atoms with Crippen molar-refractivity contribution in [2.24, 2.45) is 0 Å². The van der Waals surface area contributed by atoms with Gasteiger partial charge in [-0.05, 0) is 43.3 Å². The van der Waals surface area contributed by atoms with Crippen molar-refractivity contribution in [3.05, 3.63) is 52.6 Å². The standard InChI is InChI=1S/C15H16BrN3O3S/c1-11-3-2-4-14(18-11)19-15(20)9-10-17-23(21,22)13-7-5-12(16)6-8-13/h2-8,17H,9-10H2,1H3,(H,18,19,20). The number of benzene rings is 1. The quantitative estimate of drug-likeness (QED) is 0.783. The molecule has 0 aliphatic carbocycles. The summed E-state index contributed by atoms with van der Waals surface area (Å²) in [6.07, 6.45) is 0.0192. The van der Waals surface area contributed by atoms with Crippen molar-refractivity contribution in [1.82, 2.24) is 9.71 Å². The Balaban J connectivity index is 1.86. The predicted molar refractivity (Wildman–Crippen MR) is 91.6 cm³/mol. The molecule has 23 heavy (non-hydrogen) atoms. The molecule has 122 valence electrons. The van der Waals surface area contributed by atoms with Gasteiger partial charge in [-0.1, -0.05) is 22.0 Å². The van der Waals surface area contributed by atoms with Gasteiger partial charge in [0.2, 0.25) is 15.9 Å². The highest BCUT2D eigenvalue weighted by molar-refractivity contribution is 9.10. The van der Waals surface area contributed by atoms with Crippen molar-refractivity contribution < 1.29 is 13.2 Å². The monoisotopic (exact) mass is 397 g/mol. The van der Waals surface area contributed by atoms with Crippen molar-refractivity contribution in [3.63, 3.8) is 0 Å². The van der Waals surface area contributed by atoms with E-state index in [-0.39, 0.29) is 23.8 Å². The van der Waals surface area contributed by atoms with Crippen molar-refractivity contribution in [1.29, 1.82) is 0 Å². The van der Waals surface area contributed by atoms with Crippen LogP contribution in [-0.4, -0.2) is 25.9 Å². The van der Waals surface area contributed by atoms with Crippen molar-refractivity contribution in [3.8, 4) is 0 Å². The fourth-order valence-electron chi connectivity index (χ4n) is 1.81. The van der Waals surface area contributed by atoms with Crippen LogP contribution in [0.15, 0.2) is 51.8 Å². The number of sulfonamides is 1. The number of hydrogen-bond donors (Lipinski definition) is 2. The van der Waals surface area contributed by atoms with Gasteiger partial charge in [0, 0.05) is 23.1 Å². The third-order valence-corrected chi connectivity index (χ3v) is 4.93. The normalized spacial score (nSPS) is 11.2. The van der Waals surface area contributed by atoms with E-state index in [1.165, 1.54) is 12.1 Å². The van der Waals surface area contributed by atoms with Crippen LogP contribution in [0.5, 0.6) is 0 Å². The van der Waals surface area contributed by atoms with Gasteiger partial charge in [0.05, 0.1) is 4.90 Å². The van der Waals surface area contributed by atoms with Crippen molar-refractivity contribution in [2.45, 2.75) is 18.2 Å². The Morgan fingerprint density at radius 2 is 1.87 bits per heavy atom. The number of amides is 1. The molecular weight excluding hydrogens is 382 g/mol. The molecule has 0 radical (unpaired) electrons. The van der Waals surface area contributed by atoms with E-state index in [2.05, 4.69) is 31.0 Å². The van der Waals surface area contributed by atoms with Gasteiger partial charge in [-0.25, -0.2) is 18.1 Å². The SMILES string of the molecule is Cc1cccc(NC(=O)CCNS(=O)(=O)c2ccc(Br)cc2)n1. The van der Waals surface area contributed by atoms with Crippen LogP contribution in [0.2, 0.25) is 0 Å². The van der Waals surface area contributed by atoms with Crippen LogP contribution in [0.4, 0.5) is 5.82 Å². The number of aromatic nitrogens is 1. The van der Waals surface area contributed by atoms with Crippen molar-refractivity contribution in [2.75, 3.05) is 11.9 Å². The maximum Gasteiger partial charge on any atom is 0.240 e. The zero-order valence-electron chi connectivity index (χ0n) is 12.4. The smallest absolute Gasteiger partial charge is 0.240 e. The highest BCUT2D eigenvalue weighted by atomic mass is 79.9. The van der Waals surface area contributed by atoms with Gasteiger partial charge in [-0.2, -0.15) is 0 Å². The molecule has 0 atom stereocenters. The maximum absolute atomic E-state index is 12.1. The topological polar surface area (TPSA) is 88.2 Å². The molecule has 0 saturated carbocycles. The fourth-order valence-corrected chi connectivity index (χ4v) is 3.11. The summed E-state index contributed by atoms with van der Waals surface area (Å²) >= 11 is 3.25. The lowest BCUT2D eigenvalue weighted by Gasteiger charge is -2.07. The van der Waals surface area contributed by atoms with Crippen LogP contribution in [0.1, 0.15) is 12.1 Å². The average molecular weight is 398 g/mol. The molecule has 0 saturated heterocycles. The van der Waals surface area contributed by atoms with Gasteiger partial charge in [0.1, 0.15) is 5.82 Å². The van der Waals surface area contributed by atoms with Gasteiger partial charge < -0.3 is 5.32 Å². The second kappa shape index (κ2) is 7.67. The zero-order chi connectivity index (χ0) is 16.9. The van der Waals surface area contributed by atoms with Gasteiger partial charge in [0.25, 0.3) is 0 Å². The maximum atomic E-state index is 12.1. The summed E-state index contributed by atoms with van der Waals surface area (Å²) in [6.45, 7) is 1.83. The summed E-state index contributed by atoms with van der Waals surface area (Å²) in [5, 5.41) is 2.63.